The average Bonchev–Trinajstić information content (AvgIpc) is 3.07. The van der Waals surface area contributed by atoms with Gasteiger partial charge in [-0.2, -0.15) is 5.26 Å². The minimum absolute atomic E-state index is 0. The highest BCUT2D eigenvalue weighted by Gasteiger charge is 2.52. The Morgan fingerprint density at radius 1 is 0.833 bits per heavy atom. The van der Waals surface area contributed by atoms with Gasteiger partial charge in [0.2, 0.25) is 0 Å². The van der Waals surface area contributed by atoms with Gasteiger partial charge < -0.3 is 26.2 Å². The number of ether oxygens (including phenoxy) is 1. The van der Waals surface area contributed by atoms with Crippen molar-refractivity contribution in [2.75, 3.05) is 20.2 Å². The van der Waals surface area contributed by atoms with E-state index < -0.39 is 5.41 Å². The molecule has 188 valence electrons. The number of nitriles is 1. The lowest BCUT2D eigenvalue weighted by Crippen LogP contribution is -3.00. The zero-order chi connectivity index (χ0) is 24.1. The lowest BCUT2D eigenvalue weighted by molar-refractivity contribution is -0.949. The third-order valence-corrected chi connectivity index (χ3v) is 8.83. The second-order valence-electron chi connectivity index (χ2n) is 10.8. The Labute approximate surface area is 227 Å². The molecule has 2 heterocycles. The maximum atomic E-state index is 10.6. The molecule has 0 N–H and O–H groups in total. The van der Waals surface area contributed by atoms with E-state index in [0.717, 1.165) is 36.3 Å². The summed E-state index contributed by atoms with van der Waals surface area (Å²) in [5.41, 5.74) is 1.67. The number of para-hydroxylation sites is 1. The molecule has 3 nitrogen and oxygen atoms in total. The molecule has 2 bridgehead atoms. The molecule has 36 heavy (non-hydrogen) atoms. The summed E-state index contributed by atoms with van der Waals surface area (Å²) < 4.78 is 7.17. The van der Waals surface area contributed by atoms with Crippen LogP contribution in [-0.2, 0) is 5.41 Å². The van der Waals surface area contributed by atoms with Crippen molar-refractivity contribution in [2.24, 2.45) is 5.92 Å². The van der Waals surface area contributed by atoms with E-state index in [2.05, 4.69) is 61.6 Å². The number of rotatable bonds is 9. The third-order valence-electron chi connectivity index (χ3n) is 8.83. The van der Waals surface area contributed by atoms with Gasteiger partial charge in [-0.3, -0.25) is 0 Å². The van der Waals surface area contributed by atoms with Crippen LogP contribution in [0.25, 0.3) is 0 Å². The van der Waals surface area contributed by atoms with Gasteiger partial charge in [0.1, 0.15) is 11.2 Å². The third kappa shape index (κ3) is 5.24. The summed E-state index contributed by atoms with van der Waals surface area (Å²) in [6.07, 6.45) is 7.05. The Morgan fingerprint density at radius 2 is 1.33 bits per heavy atom. The van der Waals surface area contributed by atoms with Crippen molar-refractivity contribution in [3.8, 4) is 11.8 Å². The molecular weight excluding hydrogens is 508 g/mol. The fourth-order valence-corrected chi connectivity index (χ4v) is 6.96. The summed E-state index contributed by atoms with van der Waals surface area (Å²) in [5, 5.41) is 10.6. The van der Waals surface area contributed by atoms with Gasteiger partial charge in [-0.05, 0) is 35.6 Å². The summed E-state index contributed by atoms with van der Waals surface area (Å²) in [4.78, 5) is 0. The summed E-state index contributed by atoms with van der Waals surface area (Å²) >= 11 is 0. The van der Waals surface area contributed by atoms with E-state index in [9.17, 15) is 5.26 Å². The van der Waals surface area contributed by atoms with Crippen LogP contribution < -0.4 is 21.7 Å². The highest BCUT2D eigenvalue weighted by molar-refractivity contribution is 5.46. The number of hydrogen-bond donors (Lipinski definition) is 0. The molecule has 3 aromatic carbocycles. The lowest BCUT2D eigenvalue weighted by atomic mass is 9.67. The number of hydrogen-bond acceptors (Lipinski definition) is 2. The van der Waals surface area contributed by atoms with E-state index in [1.807, 2.05) is 42.5 Å². The highest BCUT2D eigenvalue weighted by atomic mass is 79.9. The molecule has 2 aliphatic rings. The topological polar surface area (TPSA) is 33.0 Å². The van der Waals surface area contributed by atoms with Crippen LogP contribution in [0.15, 0.2) is 91.0 Å². The predicted octanol–water partition coefficient (Wildman–Crippen LogP) is 3.75. The zero-order valence-electron chi connectivity index (χ0n) is 21.2. The van der Waals surface area contributed by atoms with E-state index in [0.29, 0.717) is 18.0 Å². The number of piperidine rings is 1. The molecule has 0 aliphatic carbocycles. The summed E-state index contributed by atoms with van der Waals surface area (Å²) in [7, 11) is 2.48. The van der Waals surface area contributed by atoms with E-state index in [1.165, 1.54) is 36.7 Å². The van der Waals surface area contributed by atoms with E-state index in [4.69, 9.17) is 4.74 Å². The molecule has 3 aromatic rings. The molecule has 2 fully saturated rings. The van der Waals surface area contributed by atoms with Crippen molar-refractivity contribution in [1.29, 1.82) is 5.26 Å². The van der Waals surface area contributed by atoms with Crippen LogP contribution in [0, 0.1) is 17.2 Å². The number of benzene rings is 3. The smallest absolute Gasteiger partial charge is 0.119 e. The Hall–Kier alpha value is -2.61. The fraction of sp³-hybridized carbons (Fsp3) is 0.406. The normalized spacial score (nSPS) is 24.9. The Balaban J connectivity index is 0.00000304. The Bertz CT molecular complexity index is 1080. The van der Waals surface area contributed by atoms with Crippen molar-refractivity contribution in [3.63, 3.8) is 0 Å². The van der Waals surface area contributed by atoms with Crippen LogP contribution >= 0.6 is 0 Å². The molecule has 2 aliphatic heterocycles. The molecule has 2 unspecified atom stereocenters. The van der Waals surface area contributed by atoms with Gasteiger partial charge >= 0.3 is 0 Å². The Kier molecular flexibility index (Phi) is 8.54. The molecule has 5 rings (SSSR count). The molecular formula is C32H37BrN2O. The minimum Gasteiger partial charge on any atom is -1.00 e. The van der Waals surface area contributed by atoms with Gasteiger partial charge in [-0.15, -0.1) is 0 Å². The molecule has 0 saturated carbocycles. The largest absolute Gasteiger partial charge is 1.00 e. The van der Waals surface area contributed by atoms with E-state index in [-0.39, 0.29) is 17.0 Å². The van der Waals surface area contributed by atoms with Gasteiger partial charge in [0, 0.05) is 32.1 Å². The number of quaternary nitrogens is 1. The number of nitrogens with zero attached hydrogens (tertiary/aromatic N) is 2. The van der Waals surface area contributed by atoms with Crippen molar-refractivity contribution in [2.45, 2.75) is 56.0 Å². The van der Waals surface area contributed by atoms with Gasteiger partial charge in [0.25, 0.3) is 0 Å². The first kappa shape index (κ1) is 26.5. The van der Waals surface area contributed by atoms with Gasteiger partial charge in [-0.25, -0.2) is 0 Å². The second-order valence-corrected chi connectivity index (χ2v) is 10.8. The Morgan fingerprint density at radius 3 is 1.83 bits per heavy atom. The fourth-order valence-electron chi connectivity index (χ4n) is 6.96. The van der Waals surface area contributed by atoms with Crippen molar-refractivity contribution >= 4 is 0 Å². The first-order valence-corrected chi connectivity index (χ1v) is 13.2. The quantitative estimate of drug-likeness (QED) is 0.303. The van der Waals surface area contributed by atoms with E-state index in [1.54, 1.807) is 0 Å². The highest BCUT2D eigenvalue weighted by Crippen LogP contribution is 2.48. The monoisotopic (exact) mass is 544 g/mol. The van der Waals surface area contributed by atoms with Gasteiger partial charge in [-0.1, -0.05) is 78.9 Å². The van der Waals surface area contributed by atoms with Crippen molar-refractivity contribution < 1.29 is 26.2 Å². The van der Waals surface area contributed by atoms with Crippen molar-refractivity contribution in [3.05, 3.63) is 102 Å². The molecule has 0 amide bonds. The average molecular weight is 546 g/mol. The molecule has 2 saturated heterocycles. The maximum absolute atomic E-state index is 10.6. The first-order chi connectivity index (χ1) is 17.1. The van der Waals surface area contributed by atoms with Crippen LogP contribution in [0.3, 0.4) is 0 Å². The standard InChI is InChI=1S/C32H37N2O.BrH/c1-34(20-11-21-35-31-16-9-4-10-17-31)29-18-19-30(34)23-26(22-29)24-32(25-33,27-12-5-2-6-13-27)28-14-7-3-8-15-28;/h2-10,12-17,26,29-30H,11,18-24H2,1H3;1H/q+1;/p-1/t26?,29-,30+,34?;. The van der Waals surface area contributed by atoms with Gasteiger partial charge in [0.15, 0.2) is 0 Å². The SMILES string of the molecule is C[N+]1(CCCOc2ccccc2)[C@@H]2CC[C@H]1CC(CC(C#N)(c1ccccc1)c1ccccc1)C2.[Br-]. The van der Waals surface area contributed by atoms with E-state index >= 15 is 0 Å². The predicted molar refractivity (Wildman–Crippen MR) is 141 cm³/mol. The summed E-state index contributed by atoms with van der Waals surface area (Å²) in [5.74, 6) is 1.53. The molecule has 0 radical (unpaired) electrons. The van der Waals surface area contributed by atoms with Crippen LogP contribution in [-0.4, -0.2) is 36.8 Å². The molecule has 0 spiro atoms. The molecule has 4 heteroatoms. The van der Waals surface area contributed by atoms with Crippen LogP contribution in [0.4, 0.5) is 0 Å². The number of fused-ring (bicyclic) bond motifs is 2. The summed E-state index contributed by atoms with van der Waals surface area (Å²) in [6, 6.07) is 35.3. The second kappa shape index (κ2) is 11.6. The lowest BCUT2D eigenvalue weighted by Gasteiger charge is -2.48. The first-order valence-electron chi connectivity index (χ1n) is 13.2. The van der Waals surface area contributed by atoms with Crippen LogP contribution in [0.5, 0.6) is 5.75 Å². The maximum Gasteiger partial charge on any atom is 0.119 e. The minimum atomic E-state index is -0.586. The van der Waals surface area contributed by atoms with Crippen LogP contribution in [0.1, 0.15) is 49.7 Å². The van der Waals surface area contributed by atoms with Crippen LogP contribution in [0.2, 0.25) is 0 Å². The summed E-state index contributed by atoms with van der Waals surface area (Å²) in [6.45, 7) is 1.95. The van der Waals surface area contributed by atoms with Crippen molar-refractivity contribution in [1.82, 2.24) is 0 Å². The van der Waals surface area contributed by atoms with Gasteiger partial charge in [0.05, 0.1) is 38.4 Å². The molecule has 0 aromatic heterocycles. The molecule has 4 atom stereocenters. The zero-order valence-corrected chi connectivity index (χ0v) is 22.8. The number of halogens is 1.